The lowest BCUT2D eigenvalue weighted by atomic mass is 10.1. The number of aliphatic hydroxyl groups is 1. The quantitative estimate of drug-likeness (QED) is 0.766. The molecule has 1 atom stereocenters. The molecule has 0 amide bonds. The average Bonchev–Trinajstić information content (AvgIpc) is 2.34. The van der Waals surface area contributed by atoms with Crippen LogP contribution in [0.25, 0.3) is 0 Å². The lowest BCUT2D eigenvalue weighted by Gasteiger charge is -2.22. The van der Waals surface area contributed by atoms with E-state index < -0.39 is 6.10 Å². The van der Waals surface area contributed by atoms with Gasteiger partial charge >= 0.3 is 5.97 Å². The fourth-order valence-corrected chi connectivity index (χ4v) is 1.49. The molecule has 0 saturated carbocycles. The molecule has 0 heterocycles. The van der Waals surface area contributed by atoms with Gasteiger partial charge in [-0.1, -0.05) is 30.3 Å². The molecule has 0 aliphatic heterocycles. The Morgan fingerprint density at radius 2 is 1.95 bits per heavy atom. The molecule has 0 bridgehead atoms. The van der Waals surface area contributed by atoms with E-state index in [0.717, 1.165) is 5.56 Å². The number of rotatable bonds is 6. The smallest absolute Gasteiger partial charge is 0.310 e. The summed E-state index contributed by atoms with van der Waals surface area (Å²) in [4.78, 5) is 11.6. The van der Waals surface area contributed by atoms with E-state index in [2.05, 4.69) is 5.32 Å². The van der Waals surface area contributed by atoms with Crippen LogP contribution in [0, 0.1) is 0 Å². The van der Waals surface area contributed by atoms with Crippen LogP contribution in [0.5, 0.6) is 0 Å². The first-order valence-electron chi connectivity index (χ1n) is 6.49. The summed E-state index contributed by atoms with van der Waals surface area (Å²) in [5, 5.41) is 12.8. The zero-order chi connectivity index (χ0) is 14.3. The lowest BCUT2D eigenvalue weighted by Crippen LogP contribution is -2.42. The summed E-state index contributed by atoms with van der Waals surface area (Å²) in [5.41, 5.74) is 0.851. The summed E-state index contributed by atoms with van der Waals surface area (Å²) in [6.07, 6.45) is -0.445. The Labute approximate surface area is 114 Å². The summed E-state index contributed by atoms with van der Waals surface area (Å²) in [6, 6.07) is 9.41. The third-order valence-corrected chi connectivity index (χ3v) is 2.50. The number of carbonyl (C=O) groups excluding carboxylic acids is 1. The highest BCUT2D eigenvalue weighted by molar-refractivity contribution is 5.72. The van der Waals surface area contributed by atoms with Gasteiger partial charge in [-0.3, -0.25) is 4.79 Å². The molecule has 19 heavy (non-hydrogen) atoms. The minimum absolute atomic E-state index is 0.0226. The number of hydrogen-bond donors (Lipinski definition) is 2. The predicted molar refractivity (Wildman–Crippen MR) is 74.9 cm³/mol. The number of carbonyl (C=O) groups is 1. The standard InChI is InChI=1S/C15H23NO3/c1-15(2,3)16-10-13(17)11-19-14(18)9-12-7-5-4-6-8-12/h4-8,13,16-17H,9-11H2,1-3H3. The van der Waals surface area contributed by atoms with Gasteiger partial charge in [0.25, 0.3) is 0 Å². The average molecular weight is 265 g/mol. The summed E-state index contributed by atoms with van der Waals surface area (Å²) in [5.74, 6) is -0.319. The van der Waals surface area contributed by atoms with Gasteiger partial charge in [0.1, 0.15) is 12.7 Å². The van der Waals surface area contributed by atoms with Gasteiger partial charge in [-0.05, 0) is 26.3 Å². The molecule has 0 saturated heterocycles. The topological polar surface area (TPSA) is 58.6 Å². The summed E-state index contributed by atoms with van der Waals surface area (Å²) >= 11 is 0. The normalized spacial score (nSPS) is 13.1. The third-order valence-electron chi connectivity index (χ3n) is 2.50. The molecule has 1 unspecified atom stereocenters. The Bertz CT molecular complexity index is 384. The number of aliphatic hydroxyl groups excluding tert-OH is 1. The fourth-order valence-electron chi connectivity index (χ4n) is 1.49. The molecule has 0 spiro atoms. The van der Waals surface area contributed by atoms with E-state index in [0.29, 0.717) is 6.54 Å². The molecule has 2 N–H and O–H groups in total. The summed E-state index contributed by atoms with van der Waals surface area (Å²) < 4.78 is 5.04. The van der Waals surface area contributed by atoms with E-state index in [9.17, 15) is 9.90 Å². The first kappa shape index (κ1) is 15.7. The highest BCUT2D eigenvalue weighted by atomic mass is 16.5. The lowest BCUT2D eigenvalue weighted by molar-refractivity contribution is -0.145. The monoisotopic (exact) mass is 265 g/mol. The van der Waals surface area contributed by atoms with Crippen molar-refractivity contribution in [1.82, 2.24) is 5.32 Å². The number of ether oxygens (including phenoxy) is 1. The number of β-amino-alcohol motifs (C(OH)–C–C–N with tert-alkyl or cyclic N) is 1. The van der Waals surface area contributed by atoms with E-state index in [1.807, 2.05) is 51.1 Å². The van der Waals surface area contributed by atoms with Crippen molar-refractivity contribution in [1.29, 1.82) is 0 Å². The van der Waals surface area contributed by atoms with Crippen LogP contribution in [0.15, 0.2) is 30.3 Å². The molecule has 0 aliphatic rings. The Balaban J connectivity index is 2.23. The van der Waals surface area contributed by atoms with Crippen molar-refractivity contribution in [2.24, 2.45) is 0 Å². The second kappa shape index (κ2) is 7.26. The van der Waals surface area contributed by atoms with Crippen LogP contribution in [0.3, 0.4) is 0 Å². The Morgan fingerprint density at radius 3 is 2.53 bits per heavy atom. The molecule has 1 aromatic carbocycles. The largest absolute Gasteiger partial charge is 0.463 e. The van der Waals surface area contributed by atoms with Gasteiger partial charge in [0, 0.05) is 12.1 Å². The Hall–Kier alpha value is -1.39. The second-order valence-corrected chi connectivity index (χ2v) is 5.63. The van der Waals surface area contributed by atoms with Gasteiger partial charge in [0.15, 0.2) is 0 Å². The van der Waals surface area contributed by atoms with Crippen molar-refractivity contribution in [3.63, 3.8) is 0 Å². The first-order valence-corrected chi connectivity index (χ1v) is 6.49. The number of hydrogen-bond acceptors (Lipinski definition) is 4. The van der Waals surface area contributed by atoms with E-state index in [1.54, 1.807) is 0 Å². The van der Waals surface area contributed by atoms with Crippen LogP contribution in [0.4, 0.5) is 0 Å². The maximum atomic E-state index is 11.6. The van der Waals surface area contributed by atoms with Crippen molar-refractivity contribution < 1.29 is 14.6 Å². The highest BCUT2D eigenvalue weighted by Gasteiger charge is 2.13. The van der Waals surface area contributed by atoms with Crippen LogP contribution in [-0.2, 0) is 16.0 Å². The minimum atomic E-state index is -0.682. The summed E-state index contributed by atoms with van der Waals surface area (Å²) in [7, 11) is 0. The molecule has 0 aliphatic carbocycles. The highest BCUT2D eigenvalue weighted by Crippen LogP contribution is 2.02. The van der Waals surface area contributed by atoms with Crippen molar-refractivity contribution >= 4 is 5.97 Å². The zero-order valence-electron chi connectivity index (χ0n) is 11.8. The van der Waals surface area contributed by atoms with Crippen molar-refractivity contribution in [3.8, 4) is 0 Å². The molecule has 1 rings (SSSR count). The van der Waals surface area contributed by atoms with E-state index >= 15 is 0 Å². The fraction of sp³-hybridized carbons (Fsp3) is 0.533. The van der Waals surface area contributed by atoms with Crippen molar-refractivity contribution in [2.45, 2.75) is 38.8 Å². The summed E-state index contributed by atoms with van der Waals surface area (Å²) in [6.45, 7) is 6.47. The van der Waals surface area contributed by atoms with Gasteiger partial charge in [-0.2, -0.15) is 0 Å². The second-order valence-electron chi connectivity index (χ2n) is 5.63. The predicted octanol–water partition coefficient (Wildman–Crippen LogP) is 1.52. The molecule has 1 aromatic rings. The number of esters is 1. The zero-order valence-corrected chi connectivity index (χ0v) is 11.8. The van der Waals surface area contributed by atoms with Crippen LogP contribution in [0.1, 0.15) is 26.3 Å². The van der Waals surface area contributed by atoms with Gasteiger partial charge in [0.2, 0.25) is 0 Å². The van der Waals surface area contributed by atoms with Crippen LogP contribution in [-0.4, -0.2) is 35.9 Å². The Kier molecular flexibility index (Phi) is 5.99. The van der Waals surface area contributed by atoms with E-state index in [1.165, 1.54) is 0 Å². The number of nitrogens with one attached hydrogen (secondary N) is 1. The maximum absolute atomic E-state index is 11.6. The third kappa shape index (κ3) is 7.59. The molecule has 0 radical (unpaired) electrons. The van der Waals surface area contributed by atoms with Gasteiger partial charge in [0.05, 0.1) is 6.42 Å². The molecular formula is C15H23NO3. The molecule has 4 heteroatoms. The molecule has 0 fully saturated rings. The number of benzene rings is 1. The van der Waals surface area contributed by atoms with Crippen LogP contribution in [0.2, 0.25) is 0 Å². The van der Waals surface area contributed by atoms with Crippen molar-refractivity contribution in [2.75, 3.05) is 13.2 Å². The van der Waals surface area contributed by atoms with Gasteiger partial charge < -0.3 is 15.2 Å². The minimum Gasteiger partial charge on any atom is -0.463 e. The molecular weight excluding hydrogens is 242 g/mol. The van der Waals surface area contributed by atoms with Crippen LogP contribution < -0.4 is 5.32 Å². The Morgan fingerprint density at radius 1 is 1.32 bits per heavy atom. The maximum Gasteiger partial charge on any atom is 0.310 e. The van der Waals surface area contributed by atoms with Crippen molar-refractivity contribution in [3.05, 3.63) is 35.9 Å². The molecule has 4 nitrogen and oxygen atoms in total. The molecule has 0 aromatic heterocycles. The molecule has 106 valence electrons. The SMILES string of the molecule is CC(C)(C)NCC(O)COC(=O)Cc1ccccc1. The van der Waals surface area contributed by atoms with Gasteiger partial charge in [-0.15, -0.1) is 0 Å². The van der Waals surface area contributed by atoms with Gasteiger partial charge in [-0.25, -0.2) is 0 Å². The van der Waals surface area contributed by atoms with E-state index in [-0.39, 0.29) is 24.5 Å². The van der Waals surface area contributed by atoms with E-state index in [4.69, 9.17) is 4.74 Å². The van der Waals surface area contributed by atoms with Crippen LogP contribution >= 0.6 is 0 Å². The first-order chi connectivity index (χ1) is 8.87.